The molecule has 0 aromatic heterocycles. The third kappa shape index (κ3) is 11.7. The van der Waals surface area contributed by atoms with Crippen LogP contribution in [0.4, 0.5) is 11.4 Å². The maximum atomic E-state index is 8.75. The monoisotopic (exact) mass is 395 g/mol. The zero-order valence-electron chi connectivity index (χ0n) is 18.2. The van der Waals surface area contributed by atoms with E-state index in [1.54, 1.807) is 0 Å². The van der Waals surface area contributed by atoms with Gasteiger partial charge in [-0.3, -0.25) is 0 Å². The number of aliphatic hydroxyl groups excluding tert-OH is 1. The van der Waals surface area contributed by atoms with Gasteiger partial charge in [-0.25, -0.2) is 0 Å². The van der Waals surface area contributed by atoms with Crippen LogP contribution in [0, 0.1) is 0 Å². The Labute approximate surface area is 178 Å². The molecule has 160 valence electrons. The van der Waals surface area contributed by atoms with E-state index in [2.05, 4.69) is 53.8 Å². The molecule has 0 atom stereocenters. The largest absolute Gasteiger partial charge is 0.396 e. The molecular weight excluding hydrogens is 354 g/mol. The number of rotatable bonds is 17. The predicted octanol–water partition coefficient (Wildman–Crippen LogP) is 8.04. The number of benzene rings is 2. The van der Waals surface area contributed by atoms with Gasteiger partial charge in [0.25, 0.3) is 0 Å². The molecule has 2 rings (SSSR count). The SMILES string of the molecule is OCCCCCCCCCCCCCCCc1ccc(Nc2ccccc2)cc1. The van der Waals surface area contributed by atoms with Crippen molar-refractivity contribution in [2.24, 2.45) is 0 Å². The van der Waals surface area contributed by atoms with Gasteiger partial charge in [-0.1, -0.05) is 101 Å². The number of aliphatic hydroxyl groups is 1. The fourth-order valence-electron chi connectivity index (χ4n) is 3.83. The van der Waals surface area contributed by atoms with Crippen LogP contribution in [0.2, 0.25) is 0 Å². The van der Waals surface area contributed by atoms with Crippen LogP contribution >= 0.6 is 0 Å². The number of nitrogens with one attached hydrogen (secondary N) is 1. The molecular formula is C27H41NO. The molecule has 0 amide bonds. The number of hydrogen-bond acceptors (Lipinski definition) is 2. The molecule has 0 saturated carbocycles. The van der Waals surface area contributed by atoms with Gasteiger partial charge in [0, 0.05) is 18.0 Å². The molecule has 2 heteroatoms. The molecule has 0 aliphatic carbocycles. The average molecular weight is 396 g/mol. The van der Waals surface area contributed by atoms with Crippen LogP contribution in [-0.2, 0) is 6.42 Å². The van der Waals surface area contributed by atoms with Crippen LogP contribution in [0.15, 0.2) is 54.6 Å². The van der Waals surface area contributed by atoms with Crippen molar-refractivity contribution in [3.05, 3.63) is 60.2 Å². The molecule has 0 fully saturated rings. The third-order valence-electron chi connectivity index (χ3n) is 5.64. The van der Waals surface area contributed by atoms with Crippen molar-refractivity contribution in [2.75, 3.05) is 11.9 Å². The highest BCUT2D eigenvalue weighted by Crippen LogP contribution is 2.18. The maximum Gasteiger partial charge on any atom is 0.0431 e. The van der Waals surface area contributed by atoms with E-state index in [-0.39, 0.29) is 0 Å². The van der Waals surface area contributed by atoms with Crippen molar-refractivity contribution in [3.63, 3.8) is 0 Å². The average Bonchev–Trinajstić information content (AvgIpc) is 2.76. The van der Waals surface area contributed by atoms with E-state index in [1.165, 1.54) is 89.0 Å². The van der Waals surface area contributed by atoms with Crippen molar-refractivity contribution in [1.29, 1.82) is 0 Å². The van der Waals surface area contributed by atoms with Crippen LogP contribution < -0.4 is 5.32 Å². The van der Waals surface area contributed by atoms with Crippen LogP contribution in [-0.4, -0.2) is 11.7 Å². The van der Waals surface area contributed by atoms with Gasteiger partial charge in [0.2, 0.25) is 0 Å². The minimum atomic E-state index is 0.360. The Morgan fingerprint density at radius 1 is 0.483 bits per heavy atom. The van der Waals surface area contributed by atoms with Crippen LogP contribution in [0.5, 0.6) is 0 Å². The van der Waals surface area contributed by atoms with Crippen LogP contribution in [0.25, 0.3) is 0 Å². The molecule has 0 bridgehead atoms. The van der Waals surface area contributed by atoms with E-state index in [4.69, 9.17) is 5.11 Å². The van der Waals surface area contributed by atoms with E-state index in [1.807, 2.05) is 6.07 Å². The summed E-state index contributed by atoms with van der Waals surface area (Å²) in [5.74, 6) is 0. The lowest BCUT2D eigenvalue weighted by Crippen LogP contribution is -1.91. The normalized spacial score (nSPS) is 10.9. The summed E-state index contributed by atoms with van der Waals surface area (Å²) in [6, 6.07) is 19.2. The third-order valence-corrected chi connectivity index (χ3v) is 5.64. The van der Waals surface area contributed by atoms with Gasteiger partial charge in [-0.15, -0.1) is 0 Å². The highest BCUT2D eigenvalue weighted by molar-refractivity contribution is 5.59. The lowest BCUT2D eigenvalue weighted by molar-refractivity contribution is 0.282. The number of hydrogen-bond donors (Lipinski definition) is 2. The number of para-hydroxylation sites is 1. The fourth-order valence-corrected chi connectivity index (χ4v) is 3.83. The van der Waals surface area contributed by atoms with Crippen LogP contribution in [0.3, 0.4) is 0 Å². The lowest BCUT2D eigenvalue weighted by Gasteiger charge is -2.07. The highest BCUT2D eigenvalue weighted by atomic mass is 16.2. The van der Waals surface area contributed by atoms with E-state index in [0.717, 1.165) is 17.8 Å². The predicted molar refractivity (Wildman–Crippen MR) is 127 cm³/mol. The second kappa shape index (κ2) is 16.0. The first-order valence-corrected chi connectivity index (χ1v) is 11.9. The summed E-state index contributed by atoms with van der Waals surface area (Å²) < 4.78 is 0. The minimum absolute atomic E-state index is 0.360. The van der Waals surface area contributed by atoms with E-state index < -0.39 is 0 Å². The van der Waals surface area contributed by atoms with Gasteiger partial charge >= 0.3 is 0 Å². The second-order valence-electron chi connectivity index (χ2n) is 8.26. The molecule has 2 N–H and O–H groups in total. The molecule has 0 radical (unpaired) electrons. The van der Waals surface area contributed by atoms with Gasteiger partial charge in [0.05, 0.1) is 0 Å². The summed E-state index contributed by atoms with van der Waals surface area (Å²) in [5, 5.41) is 12.2. The molecule has 29 heavy (non-hydrogen) atoms. The van der Waals surface area contributed by atoms with Crippen molar-refractivity contribution in [2.45, 2.75) is 89.9 Å². The fraction of sp³-hybridized carbons (Fsp3) is 0.556. The highest BCUT2D eigenvalue weighted by Gasteiger charge is 1.98. The Kier molecular flexibility index (Phi) is 13.0. The van der Waals surface area contributed by atoms with Crippen molar-refractivity contribution >= 4 is 11.4 Å². The molecule has 0 aliphatic heterocycles. The number of aryl methyl sites for hydroxylation is 1. The van der Waals surface area contributed by atoms with Gasteiger partial charge in [0.1, 0.15) is 0 Å². The molecule has 0 saturated heterocycles. The Balaban J connectivity index is 1.41. The Morgan fingerprint density at radius 2 is 0.931 bits per heavy atom. The first kappa shape index (κ1) is 23.5. The van der Waals surface area contributed by atoms with Gasteiger partial charge < -0.3 is 10.4 Å². The summed E-state index contributed by atoms with van der Waals surface area (Å²) in [5.41, 5.74) is 3.74. The molecule has 0 unspecified atom stereocenters. The van der Waals surface area contributed by atoms with Gasteiger partial charge in [-0.2, -0.15) is 0 Å². The Morgan fingerprint density at radius 3 is 1.45 bits per heavy atom. The summed E-state index contributed by atoms with van der Waals surface area (Å²) in [7, 11) is 0. The number of unbranched alkanes of at least 4 members (excludes halogenated alkanes) is 12. The van der Waals surface area contributed by atoms with Crippen LogP contribution in [0.1, 0.15) is 89.0 Å². The van der Waals surface area contributed by atoms with Crippen molar-refractivity contribution in [3.8, 4) is 0 Å². The molecule has 2 nitrogen and oxygen atoms in total. The smallest absolute Gasteiger partial charge is 0.0431 e. The van der Waals surface area contributed by atoms with Crippen molar-refractivity contribution in [1.82, 2.24) is 0 Å². The molecule has 2 aromatic rings. The Hall–Kier alpha value is -1.80. The lowest BCUT2D eigenvalue weighted by atomic mass is 10.0. The standard InChI is InChI=1S/C27H41NO/c29-24-16-11-9-7-5-3-1-2-4-6-8-10-13-17-25-20-22-27(23-21-25)28-26-18-14-12-15-19-26/h12,14-15,18-23,28-29H,1-11,13,16-17,24H2. The van der Waals surface area contributed by atoms with E-state index >= 15 is 0 Å². The minimum Gasteiger partial charge on any atom is -0.396 e. The first-order chi connectivity index (χ1) is 14.4. The van der Waals surface area contributed by atoms with E-state index in [0.29, 0.717) is 6.61 Å². The maximum absolute atomic E-state index is 8.75. The van der Waals surface area contributed by atoms with Gasteiger partial charge in [0.15, 0.2) is 0 Å². The second-order valence-corrected chi connectivity index (χ2v) is 8.26. The number of anilines is 2. The molecule has 0 heterocycles. The summed E-state index contributed by atoms with van der Waals surface area (Å²) in [6.07, 6.45) is 18.5. The summed E-state index contributed by atoms with van der Waals surface area (Å²) in [4.78, 5) is 0. The zero-order chi connectivity index (χ0) is 20.4. The quantitative estimate of drug-likeness (QED) is 0.266. The van der Waals surface area contributed by atoms with Crippen molar-refractivity contribution < 1.29 is 5.11 Å². The summed E-state index contributed by atoms with van der Waals surface area (Å²) in [6.45, 7) is 0.360. The molecule has 0 spiro atoms. The zero-order valence-corrected chi connectivity index (χ0v) is 18.2. The summed E-state index contributed by atoms with van der Waals surface area (Å²) >= 11 is 0. The Bertz CT molecular complexity index is 608. The van der Waals surface area contributed by atoms with E-state index in [9.17, 15) is 0 Å². The first-order valence-electron chi connectivity index (χ1n) is 11.9. The van der Waals surface area contributed by atoms with Gasteiger partial charge in [-0.05, 0) is 49.1 Å². The topological polar surface area (TPSA) is 32.3 Å². The molecule has 0 aliphatic rings. The molecule has 2 aromatic carbocycles.